The van der Waals surface area contributed by atoms with Crippen molar-refractivity contribution in [1.82, 2.24) is 0 Å². The molecule has 543 valence electrons. The topological polar surface area (TPSA) is 485 Å². The monoisotopic (exact) mass is 1440 g/mol. The number of hydrogen-bond donors (Lipinski definition) is 13. The summed E-state index contributed by atoms with van der Waals surface area (Å²) in [6.45, 7) is -6.49. The highest BCUT2D eigenvalue weighted by atomic mass is 19.2. The number of aliphatic carboxylic acids is 13. The number of carboxylic acid groups (broad SMARTS) is 13. The van der Waals surface area contributed by atoms with Crippen LogP contribution in [-0.2, 0) is 62.3 Å². The van der Waals surface area contributed by atoms with Crippen molar-refractivity contribution in [3.05, 3.63) is 155 Å². The Morgan fingerprint density at radius 3 is 0.455 bits per heavy atom. The van der Waals surface area contributed by atoms with E-state index < -0.39 is 355 Å². The molecule has 39 heteroatoms. The van der Waals surface area contributed by atoms with Crippen LogP contribution >= 0.6 is 0 Å². The van der Waals surface area contributed by atoms with Crippen molar-refractivity contribution in [1.29, 1.82) is 0 Å². The van der Waals surface area contributed by atoms with Gasteiger partial charge in [-0.05, 0) is 96.4 Å². The first-order valence-corrected chi connectivity index (χ1v) is 26.4. The summed E-state index contributed by atoms with van der Waals surface area (Å²) in [4.78, 5) is 177. The van der Waals surface area contributed by atoms with E-state index in [1.807, 2.05) is 0 Å². The standard InChI is InChI=1S/C60H56F13O26/c1-15-55(29(61)16(2)42(74)75,30(62)17(3)43(76)77)57(34(66)21(7)47(84)85,35(67)22(8)48(86)87)59(38(70)25(11)51(92)93,39(71)26(12)52(94)95)60(40(72)27(13)53(96)97,41(73)28(14)54(98)99)58(36(68)23(9)49(88)89,37(69)24(10)50(90)91)56(31(63)18(4)44(78)79,32(64)19(5)45(80)81)33(65)20(6)46(82)83/h1,15H2,2-14H3,(H,74,75)(H,76,77)(H,78,79)(H,80,81)(H,82,83)(H,84,85)(H,86,87)(H,88,89)(H,90,91)(H,92,93)(H,94,95)(H,96,97)(H,98,99). The molecule has 0 aliphatic rings. The quantitative estimate of drug-likeness (QED) is 0.0220. The van der Waals surface area contributed by atoms with Gasteiger partial charge in [-0.15, -0.1) is 0 Å². The second kappa shape index (κ2) is 31.3. The third-order valence-electron chi connectivity index (χ3n) is 16.1. The van der Waals surface area contributed by atoms with Gasteiger partial charge in [0.05, 0.1) is 77.9 Å². The Bertz CT molecular complexity index is 3830. The summed E-state index contributed by atoms with van der Waals surface area (Å²) in [7, 11) is 0. The summed E-state index contributed by atoms with van der Waals surface area (Å²) in [6, 6.07) is 0. The number of hydrogen-bond acceptors (Lipinski definition) is 13. The van der Waals surface area contributed by atoms with E-state index in [-0.39, 0.29) is 0 Å². The SMILES string of the molecule is [CH2]CC(C(F)=C(C)C(=O)O)(C(F)=C(C)C(=O)O)C(C(F)=C(C)C(=O)O)(C(F)=C(C)C(=O)O)C(C(F)=C(C)C(=O)O)(C(F)=C(C)C(=O)O)C(C(F)=C(C)C(=O)O)(C(F)=C(C)C(=O)O)C(C(F)=C(C)C(=O)O)(C(F)=C(C)C(=O)O)C(C(F)=C(C)C(=O)O)(C(F)=C(C)C(=O)O)C(F)=C(C)C(=O)O. The van der Waals surface area contributed by atoms with Crippen LogP contribution < -0.4 is 0 Å². The van der Waals surface area contributed by atoms with Gasteiger partial charge in [0.1, 0.15) is 103 Å². The lowest BCUT2D eigenvalue weighted by Gasteiger charge is -2.68. The average Bonchev–Trinajstić information content (AvgIpc) is 0.625. The van der Waals surface area contributed by atoms with Crippen LogP contribution in [0.3, 0.4) is 0 Å². The van der Waals surface area contributed by atoms with Crippen LogP contribution in [0.2, 0.25) is 0 Å². The number of allylic oxidation sites excluding steroid dienone is 13. The molecule has 0 aliphatic heterocycles. The minimum absolute atomic E-state index is 0.471. The highest BCUT2D eigenvalue weighted by Crippen LogP contribution is 2.89. The second-order valence-corrected chi connectivity index (χ2v) is 21.1. The molecule has 0 amide bonds. The fourth-order valence-electron chi connectivity index (χ4n) is 10.8. The van der Waals surface area contributed by atoms with Gasteiger partial charge in [0.15, 0.2) is 0 Å². The van der Waals surface area contributed by atoms with E-state index in [4.69, 9.17) is 0 Å². The maximum atomic E-state index is 21.2. The van der Waals surface area contributed by atoms with E-state index >= 15 is 57.1 Å². The number of rotatable bonds is 32. The Labute approximate surface area is 546 Å². The predicted octanol–water partition coefficient (Wildman–Crippen LogP) is 11.4. The van der Waals surface area contributed by atoms with Crippen molar-refractivity contribution in [2.45, 2.75) is 96.4 Å². The van der Waals surface area contributed by atoms with E-state index in [2.05, 4.69) is 6.92 Å². The first kappa shape index (κ1) is 87.8. The second-order valence-electron chi connectivity index (χ2n) is 21.1. The number of halogens is 13. The molecule has 99 heavy (non-hydrogen) atoms. The molecule has 0 aromatic heterocycles. The highest BCUT2D eigenvalue weighted by Gasteiger charge is 2.92. The molecular formula is C60H56F13O26. The third-order valence-corrected chi connectivity index (χ3v) is 16.1. The molecule has 0 atom stereocenters. The summed E-state index contributed by atoms with van der Waals surface area (Å²) in [5.41, 5.74) is -90.1. The molecule has 0 spiro atoms. The van der Waals surface area contributed by atoms with Gasteiger partial charge in [-0.1, -0.05) is 6.92 Å². The first-order chi connectivity index (χ1) is 44.8. The van der Waals surface area contributed by atoms with Crippen molar-refractivity contribution in [2.75, 3.05) is 0 Å². The van der Waals surface area contributed by atoms with Crippen molar-refractivity contribution in [2.24, 2.45) is 32.5 Å². The molecule has 0 saturated carbocycles. The smallest absolute Gasteiger partial charge is 0.333 e. The Hall–Kier alpha value is -11.2. The summed E-state index contributed by atoms with van der Waals surface area (Å²) in [5.74, 6) is -107. The molecule has 1 radical (unpaired) electrons. The first-order valence-electron chi connectivity index (χ1n) is 26.4. The molecule has 0 unspecified atom stereocenters. The van der Waals surface area contributed by atoms with E-state index in [0.29, 0.717) is 0 Å². The molecule has 0 aromatic carbocycles. The van der Waals surface area contributed by atoms with Crippen molar-refractivity contribution in [3.8, 4) is 0 Å². The van der Waals surface area contributed by atoms with Gasteiger partial charge >= 0.3 is 77.6 Å². The summed E-state index contributed by atoms with van der Waals surface area (Å²) >= 11 is 0. The van der Waals surface area contributed by atoms with Crippen molar-refractivity contribution in [3.63, 3.8) is 0 Å². The molecule has 0 aliphatic carbocycles. The fraction of sp³-hybridized carbons (Fsp3) is 0.333. The molecule has 0 rings (SSSR count). The van der Waals surface area contributed by atoms with Crippen molar-refractivity contribution < 1.29 is 186 Å². The molecule has 0 fully saturated rings. The zero-order valence-electron chi connectivity index (χ0n) is 52.9. The van der Waals surface area contributed by atoms with Gasteiger partial charge in [0, 0.05) is 0 Å². The van der Waals surface area contributed by atoms with Gasteiger partial charge in [0.2, 0.25) is 0 Å². The van der Waals surface area contributed by atoms with Crippen LogP contribution in [0.5, 0.6) is 0 Å². The lowest BCUT2D eigenvalue weighted by Crippen LogP contribution is -2.72. The Balaban J connectivity index is 17.4. The lowest BCUT2D eigenvalue weighted by molar-refractivity contribution is -0.165. The zero-order valence-corrected chi connectivity index (χ0v) is 52.9. The van der Waals surface area contributed by atoms with Crippen molar-refractivity contribution >= 4 is 77.6 Å². The maximum absolute atomic E-state index is 21.2. The normalized spacial score (nSPS) is 19.1. The maximum Gasteiger partial charge on any atom is 0.333 e. The van der Waals surface area contributed by atoms with Gasteiger partial charge in [0.25, 0.3) is 0 Å². The van der Waals surface area contributed by atoms with Crippen LogP contribution in [0.4, 0.5) is 57.1 Å². The number of carboxylic acids is 13. The Kier molecular flexibility index (Phi) is 27.8. The van der Waals surface area contributed by atoms with Gasteiger partial charge < -0.3 is 66.4 Å². The fourth-order valence-corrected chi connectivity index (χ4v) is 10.8. The molecular weight excluding hydrogens is 1380 g/mol. The number of carbonyl (C=O) groups is 13. The van der Waals surface area contributed by atoms with Crippen LogP contribution in [0.15, 0.2) is 148 Å². The predicted molar refractivity (Wildman–Crippen MR) is 303 cm³/mol. The summed E-state index contributed by atoms with van der Waals surface area (Å²) in [5, 5.41) is 140. The summed E-state index contributed by atoms with van der Waals surface area (Å²) in [6.07, 6.45) is -3.45. The van der Waals surface area contributed by atoms with E-state index in [9.17, 15) is 129 Å². The molecule has 0 heterocycles. The minimum Gasteiger partial charge on any atom is -0.478 e. The third kappa shape index (κ3) is 13.0. The van der Waals surface area contributed by atoms with E-state index in [1.165, 1.54) is 0 Å². The molecule has 0 bridgehead atoms. The molecule has 0 aromatic rings. The van der Waals surface area contributed by atoms with Crippen LogP contribution in [0.1, 0.15) is 96.4 Å². The van der Waals surface area contributed by atoms with Crippen LogP contribution in [-0.4, -0.2) is 144 Å². The van der Waals surface area contributed by atoms with Crippen LogP contribution in [0, 0.1) is 39.4 Å². The van der Waals surface area contributed by atoms with E-state index in [1.54, 1.807) is 0 Å². The molecule has 0 saturated heterocycles. The van der Waals surface area contributed by atoms with Crippen LogP contribution in [0.25, 0.3) is 0 Å². The van der Waals surface area contributed by atoms with E-state index in [0.717, 1.165) is 0 Å². The van der Waals surface area contributed by atoms with Gasteiger partial charge in [-0.3, -0.25) is 0 Å². The van der Waals surface area contributed by atoms with Gasteiger partial charge in [-0.25, -0.2) is 119 Å². The molecule has 13 N–H and O–H groups in total. The van der Waals surface area contributed by atoms with Gasteiger partial charge in [-0.2, -0.15) is 0 Å². The molecule has 26 nitrogen and oxygen atoms in total. The largest absolute Gasteiger partial charge is 0.478 e. The highest BCUT2D eigenvalue weighted by molar-refractivity contribution is 5.98. The lowest BCUT2D eigenvalue weighted by atomic mass is 9.30. The zero-order chi connectivity index (χ0) is 79.2. The minimum atomic E-state index is -8.53. The average molecular weight is 1440 g/mol. The Morgan fingerprint density at radius 1 is 0.202 bits per heavy atom. The Morgan fingerprint density at radius 2 is 0.313 bits per heavy atom. The summed E-state index contributed by atoms with van der Waals surface area (Å²) < 4.78 is 266.